The van der Waals surface area contributed by atoms with E-state index in [1.807, 2.05) is 30.3 Å². The summed E-state index contributed by atoms with van der Waals surface area (Å²) in [4.78, 5) is 21.0. The number of aliphatic imine (C=N–C) groups is 1. The minimum absolute atomic E-state index is 0.380. The van der Waals surface area contributed by atoms with Crippen molar-refractivity contribution in [1.29, 1.82) is 0 Å². The number of nitrogens with two attached hydrogens (primary N) is 1. The van der Waals surface area contributed by atoms with Crippen LogP contribution in [0.1, 0.15) is 5.56 Å². The zero-order valence-corrected chi connectivity index (χ0v) is 17.0. The van der Waals surface area contributed by atoms with Gasteiger partial charge in [0.2, 0.25) is 0 Å². The van der Waals surface area contributed by atoms with Crippen molar-refractivity contribution < 1.29 is 9.53 Å². The number of amidine groups is 1. The zero-order valence-electron chi connectivity index (χ0n) is 16.3. The summed E-state index contributed by atoms with van der Waals surface area (Å²) >= 11 is 6.21. The van der Waals surface area contributed by atoms with Crippen LogP contribution in [0.25, 0.3) is 0 Å². The molecular weight excluding hydrogens is 390 g/mol. The van der Waals surface area contributed by atoms with Gasteiger partial charge in [-0.25, -0.2) is 4.99 Å². The fourth-order valence-electron chi connectivity index (χ4n) is 3.70. The van der Waals surface area contributed by atoms with Gasteiger partial charge in [-0.2, -0.15) is 0 Å². The van der Waals surface area contributed by atoms with Crippen LogP contribution in [0.2, 0.25) is 5.02 Å². The summed E-state index contributed by atoms with van der Waals surface area (Å²) in [5, 5.41) is 4.13. The van der Waals surface area contributed by atoms with Crippen LogP contribution in [-0.2, 0) is 9.53 Å². The van der Waals surface area contributed by atoms with Crippen LogP contribution in [0.15, 0.2) is 47.5 Å². The first-order valence-electron chi connectivity index (χ1n) is 9.60. The molecule has 2 aliphatic heterocycles. The number of hydrogen-bond acceptors (Lipinski definition) is 7. The monoisotopic (exact) mass is 413 g/mol. The molecule has 0 spiro atoms. The topological polar surface area (TPSA) is 83.2 Å². The quantitative estimate of drug-likeness (QED) is 0.752. The Labute approximate surface area is 175 Å². The van der Waals surface area contributed by atoms with Gasteiger partial charge in [0.05, 0.1) is 18.5 Å². The highest BCUT2D eigenvalue weighted by atomic mass is 35.5. The number of nitrogens with zero attached hydrogens (tertiary/aromatic N) is 3. The number of carbonyl (C=O) groups is 1. The number of carbonyl (C=O) groups excluding carboxylic acids is 1. The molecule has 0 saturated carbocycles. The van der Waals surface area contributed by atoms with E-state index in [0.29, 0.717) is 11.6 Å². The van der Waals surface area contributed by atoms with E-state index < -0.39 is 6.04 Å². The van der Waals surface area contributed by atoms with E-state index in [4.69, 9.17) is 27.1 Å². The third-order valence-corrected chi connectivity index (χ3v) is 5.49. The summed E-state index contributed by atoms with van der Waals surface area (Å²) in [7, 11) is 1.36. The summed E-state index contributed by atoms with van der Waals surface area (Å²) in [6, 6.07) is 13.2. The van der Waals surface area contributed by atoms with Gasteiger partial charge in [-0.1, -0.05) is 23.7 Å². The number of rotatable bonds is 3. The van der Waals surface area contributed by atoms with Crippen LogP contribution < -0.4 is 11.1 Å². The van der Waals surface area contributed by atoms with E-state index in [1.54, 1.807) is 0 Å². The normalized spacial score (nSPS) is 17.3. The lowest BCUT2D eigenvalue weighted by Crippen LogP contribution is -2.53. The predicted octanol–water partition coefficient (Wildman–Crippen LogP) is 2.59. The molecule has 2 aromatic rings. The highest BCUT2D eigenvalue weighted by Gasteiger charge is 2.26. The zero-order chi connectivity index (χ0) is 20.4. The Kier molecular flexibility index (Phi) is 5.71. The fourth-order valence-corrected chi connectivity index (χ4v) is 3.86. The summed E-state index contributed by atoms with van der Waals surface area (Å²) in [6.45, 7) is 3.65. The standard InChI is InChI=1S/C21H24ClN5O2/c1-29-21(28)16(23)13-26-8-10-27(11-9-26)20-15-4-2-3-5-17(15)24-18-7-6-14(22)12-19(18)25-20/h2-7,12,16,24H,8-11,13,23H2,1H3. The van der Waals surface area contributed by atoms with Crippen LogP contribution in [0.4, 0.5) is 17.1 Å². The van der Waals surface area contributed by atoms with Crippen molar-refractivity contribution in [3.8, 4) is 0 Å². The SMILES string of the molecule is COC(=O)C(N)CN1CCN(C2=Nc3cc(Cl)ccc3Nc3ccccc32)CC1. The third-order valence-electron chi connectivity index (χ3n) is 5.25. The second-order valence-electron chi connectivity index (χ2n) is 7.18. The molecule has 0 radical (unpaired) electrons. The first kappa shape index (κ1) is 19.7. The molecule has 7 nitrogen and oxygen atoms in total. The Balaban J connectivity index is 1.57. The average Bonchev–Trinajstić information content (AvgIpc) is 2.90. The molecule has 0 bridgehead atoms. The highest BCUT2D eigenvalue weighted by Crippen LogP contribution is 2.36. The van der Waals surface area contributed by atoms with Crippen LogP contribution in [0.3, 0.4) is 0 Å². The molecule has 2 aliphatic rings. The van der Waals surface area contributed by atoms with Crippen molar-refractivity contribution in [1.82, 2.24) is 9.80 Å². The number of hydrogen-bond donors (Lipinski definition) is 2. The lowest BCUT2D eigenvalue weighted by Gasteiger charge is -2.37. The number of ether oxygens (including phenoxy) is 1. The number of fused-ring (bicyclic) bond motifs is 2. The fraction of sp³-hybridized carbons (Fsp3) is 0.333. The average molecular weight is 414 g/mol. The van der Waals surface area contributed by atoms with Crippen molar-refractivity contribution in [2.24, 2.45) is 10.7 Å². The number of esters is 1. The van der Waals surface area contributed by atoms with Gasteiger partial charge in [0.15, 0.2) is 0 Å². The van der Waals surface area contributed by atoms with Crippen LogP contribution in [0.5, 0.6) is 0 Å². The molecule has 1 unspecified atom stereocenters. The van der Waals surface area contributed by atoms with Gasteiger partial charge in [-0.05, 0) is 30.3 Å². The van der Waals surface area contributed by atoms with Gasteiger partial charge in [0, 0.05) is 49.0 Å². The number of nitrogens with one attached hydrogen (secondary N) is 1. The van der Waals surface area contributed by atoms with E-state index in [-0.39, 0.29) is 5.97 Å². The minimum Gasteiger partial charge on any atom is -0.468 e. The molecular formula is C21H24ClN5O2. The van der Waals surface area contributed by atoms with Gasteiger partial charge < -0.3 is 20.7 Å². The molecule has 1 saturated heterocycles. The third kappa shape index (κ3) is 4.22. The molecule has 0 aliphatic carbocycles. The number of anilines is 2. The Morgan fingerprint density at radius 1 is 1.21 bits per heavy atom. The Morgan fingerprint density at radius 3 is 2.72 bits per heavy atom. The first-order valence-corrected chi connectivity index (χ1v) is 9.98. The highest BCUT2D eigenvalue weighted by molar-refractivity contribution is 6.31. The van der Waals surface area contributed by atoms with E-state index >= 15 is 0 Å². The maximum absolute atomic E-state index is 11.6. The maximum Gasteiger partial charge on any atom is 0.323 e. The molecule has 0 amide bonds. The summed E-state index contributed by atoms with van der Waals surface area (Å²) in [5.41, 5.74) is 9.73. The Morgan fingerprint density at radius 2 is 1.97 bits per heavy atom. The molecule has 29 heavy (non-hydrogen) atoms. The number of para-hydroxylation sites is 1. The summed E-state index contributed by atoms with van der Waals surface area (Å²) in [5.74, 6) is 0.542. The Bertz CT molecular complexity index is 940. The second-order valence-corrected chi connectivity index (χ2v) is 7.62. The van der Waals surface area contributed by atoms with Gasteiger partial charge in [0.1, 0.15) is 11.9 Å². The molecule has 1 atom stereocenters. The smallest absolute Gasteiger partial charge is 0.323 e. The van der Waals surface area contributed by atoms with Gasteiger partial charge in [-0.3, -0.25) is 9.69 Å². The van der Waals surface area contributed by atoms with E-state index in [2.05, 4.69) is 27.2 Å². The number of methoxy groups -OCH3 is 1. The van der Waals surface area contributed by atoms with Crippen molar-refractivity contribution in [3.63, 3.8) is 0 Å². The van der Waals surface area contributed by atoms with Crippen LogP contribution in [0, 0.1) is 0 Å². The molecule has 2 heterocycles. The minimum atomic E-state index is -0.624. The molecule has 0 aromatic heterocycles. The number of halogens is 1. The largest absolute Gasteiger partial charge is 0.468 e. The van der Waals surface area contributed by atoms with Gasteiger partial charge >= 0.3 is 5.97 Å². The number of piperazine rings is 1. The predicted molar refractivity (Wildman–Crippen MR) is 115 cm³/mol. The van der Waals surface area contributed by atoms with Crippen molar-refractivity contribution in [2.75, 3.05) is 45.2 Å². The van der Waals surface area contributed by atoms with Crippen molar-refractivity contribution >= 4 is 40.5 Å². The first-order chi connectivity index (χ1) is 14.0. The maximum atomic E-state index is 11.6. The molecule has 8 heteroatoms. The van der Waals surface area contributed by atoms with Crippen LogP contribution >= 0.6 is 11.6 Å². The molecule has 2 aromatic carbocycles. The summed E-state index contributed by atoms with van der Waals surface area (Å²) in [6.07, 6.45) is 0. The molecule has 1 fully saturated rings. The Hall–Kier alpha value is -2.61. The van der Waals surface area contributed by atoms with E-state index in [9.17, 15) is 4.79 Å². The number of benzene rings is 2. The van der Waals surface area contributed by atoms with Gasteiger partial charge in [-0.15, -0.1) is 0 Å². The van der Waals surface area contributed by atoms with Crippen molar-refractivity contribution in [2.45, 2.75) is 6.04 Å². The van der Waals surface area contributed by atoms with E-state index in [0.717, 1.165) is 54.6 Å². The van der Waals surface area contributed by atoms with Gasteiger partial charge in [0.25, 0.3) is 0 Å². The second kappa shape index (κ2) is 8.41. The summed E-state index contributed by atoms with van der Waals surface area (Å²) < 4.78 is 4.73. The lowest BCUT2D eigenvalue weighted by molar-refractivity contribution is -0.142. The molecule has 152 valence electrons. The van der Waals surface area contributed by atoms with E-state index in [1.165, 1.54) is 7.11 Å². The van der Waals surface area contributed by atoms with Crippen molar-refractivity contribution in [3.05, 3.63) is 53.1 Å². The molecule has 3 N–H and O–H groups in total. The van der Waals surface area contributed by atoms with Crippen LogP contribution in [-0.4, -0.2) is 67.5 Å². The lowest BCUT2D eigenvalue weighted by atomic mass is 10.1. The molecule has 4 rings (SSSR count).